The summed E-state index contributed by atoms with van der Waals surface area (Å²) in [6, 6.07) is 11.9. The van der Waals surface area contributed by atoms with Crippen molar-refractivity contribution >= 4 is 21.6 Å². The molecule has 1 N–H and O–H groups in total. The minimum Gasteiger partial charge on any atom is -0.306 e. The third-order valence-corrected chi connectivity index (χ3v) is 4.48. The molecule has 4 heteroatoms. The topological polar surface area (TPSA) is 24.9 Å². The molecular weight excluding hydrogens is 283 g/mol. The summed E-state index contributed by atoms with van der Waals surface area (Å²) < 4.78 is 14.8. The number of aromatic nitrogens is 1. The van der Waals surface area contributed by atoms with Crippen LogP contribution in [0.3, 0.4) is 0 Å². The van der Waals surface area contributed by atoms with Gasteiger partial charge < -0.3 is 5.32 Å². The maximum atomic E-state index is 13.6. The molecule has 0 saturated heterocycles. The van der Waals surface area contributed by atoms with Crippen molar-refractivity contribution in [3.8, 4) is 0 Å². The summed E-state index contributed by atoms with van der Waals surface area (Å²) >= 11 is 1.71. The van der Waals surface area contributed by atoms with Crippen LogP contribution in [0.15, 0.2) is 36.4 Å². The highest BCUT2D eigenvalue weighted by molar-refractivity contribution is 7.18. The fourth-order valence-corrected chi connectivity index (χ4v) is 3.38. The first-order valence-corrected chi connectivity index (χ1v) is 7.76. The number of nitrogens with zero attached hydrogens (tertiary/aromatic N) is 1. The monoisotopic (exact) mass is 300 g/mol. The van der Waals surface area contributed by atoms with E-state index >= 15 is 0 Å². The van der Waals surface area contributed by atoms with Gasteiger partial charge in [0.2, 0.25) is 0 Å². The Balaban J connectivity index is 1.66. The minimum atomic E-state index is -0.107. The molecule has 0 atom stereocenters. The second-order valence-corrected chi connectivity index (χ2v) is 6.34. The summed E-state index contributed by atoms with van der Waals surface area (Å²) in [5.74, 6) is -0.107. The number of thiazole rings is 1. The Hall–Kier alpha value is -1.78. The van der Waals surface area contributed by atoms with Crippen LogP contribution in [0.1, 0.15) is 21.7 Å². The van der Waals surface area contributed by atoms with E-state index in [4.69, 9.17) is 0 Å². The Labute approximate surface area is 127 Å². The van der Waals surface area contributed by atoms with Crippen molar-refractivity contribution in [2.45, 2.75) is 26.9 Å². The van der Waals surface area contributed by atoms with Gasteiger partial charge in [-0.1, -0.05) is 24.3 Å². The van der Waals surface area contributed by atoms with E-state index in [0.717, 1.165) is 29.2 Å². The fraction of sp³-hybridized carbons (Fsp3) is 0.235. The Morgan fingerprint density at radius 2 is 1.81 bits per heavy atom. The van der Waals surface area contributed by atoms with Crippen LogP contribution in [-0.4, -0.2) is 4.98 Å². The van der Waals surface area contributed by atoms with E-state index < -0.39 is 0 Å². The SMILES string of the molecule is Cc1cc(CNCc2nc3ccccc3s2)cc(C)c1F. The maximum absolute atomic E-state index is 13.6. The third-order valence-electron chi connectivity index (χ3n) is 3.44. The number of hydrogen-bond donors (Lipinski definition) is 1. The number of aryl methyl sites for hydroxylation is 2. The summed E-state index contributed by atoms with van der Waals surface area (Å²) in [6.45, 7) is 5.06. The predicted octanol–water partition coefficient (Wildman–Crippen LogP) is 4.34. The molecule has 0 aliphatic heterocycles. The van der Waals surface area contributed by atoms with E-state index in [0.29, 0.717) is 11.1 Å². The average molecular weight is 300 g/mol. The Bertz CT molecular complexity index is 723. The van der Waals surface area contributed by atoms with Gasteiger partial charge in [0.15, 0.2) is 0 Å². The number of rotatable bonds is 4. The van der Waals surface area contributed by atoms with Crippen LogP contribution in [-0.2, 0) is 13.1 Å². The second-order valence-electron chi connectivity index (χ2n) is 5.22. The van der Waals surface area contributed by atoms with Gasteiger partial charge in [0.1, 0.15) is 10.8 Å². The Morgan fingerprint density at radius 1 is 1.10 bits per heavy atom. The molecule has 0 radical (unpaired) electrons. The zero-order valence-electron chi connectivity index (χ0n) is 12.1. The summed E-state index contributed by atoms with van der Waals surface area (Å²) in [7, 11) is 0. The average Bonchev–Trinajstić information content (AvgIpc) is 2.87. The standard InChI is InChI=1S/C17H17FN2S/c1-11-7-13(8-12(2)17(11)18)9-19-10-16-20-14-5-3-4-6-15(14)21-16/h3-8,19H,9-10H2,1-2H3. The van der Waals surface area contributed by atoms with Gasteiger partial charge >= 0.3 is 0 Å². The molecule has 0 bridgehead atoms. The summed E-state index contributed by atoms with van der Waals surface area (Å²) in [5, 5.41) is 4.45. The first kappa shape index (κ1) is 14.2. The normalized spacial score (nSPS) is 11.2. The van der Waals surface area contributed by atoms with E-state index in [1.54, 1.807) is 25.2 Å². The highest BCUT2D eigenvalue weighted by Crippen LogP contribution is 2.21. The number of fused-ring (bicyclic) bond motifs is 1. The molecule has 21 heavy (non-hydrogen) atoms. The lowest BCUT2D eigenvalue weighted by atomic mass is 10.1. The van der Waals surface area contributed by atoms with Crippen LogP contribution >= 0.6 is 11.3 Å². The number of nitrogens with one attached hydrogen (secondary N) is 1. The van der Waals surface area contributed by atoms with Crippen LogP contribution in [0.2, 0.25) is 0 Å². The van der Waals surface area contributed by atoms with Crippen LogP contribution < -0.4 is 5.32 Å². The van der Waals surface area contributed by atoms with Crippen LogP contribution in [0.25, 0.3) is 10.2 Å². The molecule has 0 spiro atoms. The summed E-state index contributed by atoms with van der Waals surface area (Å²) in [5.41, 5.74) is 3.55. The molecule has 0 aliphatic carbocycles. The van der Waals surface area contributed by atoms with Gasteiger partial charge in [-0.05, 0) is 42.7 Å². The molecule has 2 aromatic carbocycles. The van der Waals surface area contributed by atoms with E-state index in [2.05, 4.69) is 16.4 Å². The molecule has 0 fully saturated rings. The lowest BCUT2D eigenvalue weighted by Crippen LogP contribution is -2.13. The van der Waals surface area contributed by atoms with Crippen molar-refractivity contribution in [2.24, 2.45) is 0 Å². The van der Waals surface area contributed by atoms with Crippen molar-refractivity contribution in [2.75, 3.05) is 0 Å². The maximum Gasteiger partial charge on any atom is 0.129 e. The van der Waals surface area contributed by atoms with Gasteiger partial charge in [0.05, 0.1) is 10.2 Å². The van der Waals surface area contributed by atoms with E-state index in [-0.39, 0.29) is 5.82 Å². The Morgan fingerprint density at radius 3 is 2.52 bits per heavy atom. The minimum absolute atomic E-state index is 0.107. The molecule has 2 nitrogen and oxygen atoms in total. The van der Waals surface area contributed by atoms with E-state index in [1.165, 1.54) is 4.70 Å². The quantitative estimate of drug-likeness (QED) is 0.775. The molecule has 0 aliphatic rings. The van der Waals surface area contributed by atoms with Crippen molar-refractivity contribution in [1.82, 2.24) is 10.3 Å². The van der Waals surface area contributed by atoms with Crippen LogP contribution in [0.5, 0.6) is 0 Å². The van der Waals surface area contributed by atoms with Gasteiger partial charge in [-0.25, -0.2) is 9.37 Å². The molecular formula is C17H17FN2S. The van der Waals surface area contributed by atoms with E-state index in [1.807, 2.05) is 30.3 Å². The molecule has 3 rings (SSSR count). The molecule has 1 heterocycles. The molecule has 0 saturated carbocycles. The van der Waals surface area contributed by atoms with Gasteiger partial charge in [0, 0.05) is 13.1 Å². The number of halogens is 1. The zero-order valence-corrected chi connectivity index (χ0v) is 12.9. The molecule has 0 amide bonds. The third kappa shape index (κ3) is 3.12. The number of para-hydroxylation sites is 1. The highest BCUT2D eigenvalue weighted by Gasteiger charge is 2.05. The van der Waals surface area contributed by atoms with Gasteiger partial charge in [0.25, 0.3) is 0 Å². The number of benzene rings is 2. The number of hydrogen-bond acceptors (Lipinski definition) is 3. The highest BCUT2D eigenvalue weighted by atomic mass is 32.1. The van der Waals surface area contributed by atoms with Crippen molar-refractivity contribution in [1.29, 1.82) is 0 Å². The fourth-order valence-electron chi connectivity index (χ4n) is 2.45. The first-order chi connectivity index (χ1) is 10.1. The molecule has 1 aromatic heterocycles. The predicted molar refractivity (Wildman–Crippen MR) is 86.0 cm³/mol. The van der Waals surface area contributed by atoms with Gasteiger partial charge in [-0.3, -0.25) is 0 Å². The van der Waals surface area contributed by atoms with E-state index in [9.17, 15) is 4.39 Å². The second kappa shape index (κ2) is 5.92. The van der Waals surface area contributed by atoms with Crippen LogP contribution in [0.4, 0.5) is 4.39 Å². The van der Waals surface area contributed by atoms with Crippen molar-refractivity contribution in [3.63, 3.8) is 0 Å². The van der Waals surface area contributed by atoms with Crippen molar-refractivity contribution in [3.05, 3.63) is 63.9 Å². The van der Waals surface area contributed by atoms with Crippen LogP contribution in [0, 0.1) is 19.7 Å². The molecule has 3 aromatic rings. The summed E-state index contributed by atoms with van der Waals surface area (Å²) in [4.78, 5) is 4.59. The molecule has 0 unspecified atom stereocenters. The lowest BCUT2D eigenvalue weighted by Gasteiger charge is -2.07. The smallest absolute Gasteiger partial charge is 0.129 e. The lowest BCUT2D eigenvalue weighted by molar-refractivity contribution is 0.606. The van der Waals surface area contributed by atoms with Crippen molar-refractivity contribution < 1.29 is 4.39 Å². The summed E-state index contributed by atoms with van der Waals surface area (Å²) in [6.07, 6.45) is 0. The van der Waals surface area contributed by atoms with Gasteiger partial charge in [-0.2, -0.15) is 0 Å². The largest absolute Gasteiger partial charge is 0.306 e. The first-order valence-electron chi connectivity index (χ1n) is 6.94. The zero-order chi connectivity index (χ0) is 14.8. The molecule has 108 valence electrons. The van der Waals surface area contributed by atoms with Gasteiger partial charge in [-0.15, -0.1) is 11.3 Å². The Kier molecular flexibility index (Phi) is 3.99.